The van der Waals surface area contributed by atoms with E-state index in [0.717, 1.165) is 42.8 Å². The average Bonchev–Trinajstić information content (AvgIpc) is 3.26. The largest absolute Gasteiger partial charge is 0.397 e. The predicted molar refractivity (Wildman–Crippen MR) is 138 cm³/mol. The maximum Gasteiger partial charge on any atom is 0.263 e. The highest BCUT2D eigenvalue weighted by Crippen LogP contribution is 2.51. The number of halogens is 1. The number of carbonyl (C=O) groups is 1. The normalized spacial score (nSPS) is 27.8. The van der Waals surface area contributed by atoms with Crippen LogP contribution in [-0.4, -0.2) is 59.0 Å². The molecule has 0 radical (unpaired) electrons. The first-order valence-electron chi connectivity index (χ1n) is 12.7. The van der Waals surface area contributed by atoms with Crippen LogP contribution in [0.5, 0.6) is 0 Å². The number of nitrogens with one attached hydrogen (secondary N) is 1. The Hall–Kier alpha value is -2.86. The molecule has 37 heavy (non-hydrogen) atoms. The number of nitrogens with zero attached hydrogens (tertiary/aromatic N) is 3. The zero-order valence-corrected chi connectivity index (χ0v) is 21.4. The quantitative estimate of drug-likeness (QED) is 0.477. The molecular formula is C26H29FN6O3S. The number of amides is 1. The van der Waals surface area contributed by atoms with Crippen molar-refractivity contribution in [3.8, 4) is 0 Å². The Morgan fingerprint density at radius 3 is 2.95 bits per heavy atom. The fourth-order valence-corrected chi connectivity index (χ4v) is 6.77. The third-order valence-corrected chi connectivity index (χ3v) is 9.25. The first-order valence-corrected chi connectivity index (χ1v) is 13.6. The number of aromatic nitrogens is 2. The summed E-state index contributed by atoms with van der Waals surface area (Å²) in [5, 5.41) is 3.59. The van der Waals surface area contributed by atoms with Gasteiger partial charge in [0.15, 0.2) is 0 Å². The van der Waals surface area contributed by atoms with Gasteiger partial charge in [-0.3, -0.25) is 4.79 Å². The van der Waals surface area contributed by atoms with E-state index in [1.165, 1.54) is 17.4 Å². The fourth-order valence-electron chi connectivity index (χ4n) is 5.75. The zero-order valence-electron chi connectivity index (χ0n) is 20.6. The monoisotopic (exact) mass is 524 g/mol. The number of rotatable bonds is 3. The van der Waals surface area contributed by atoms with E-state index in [4.69, 9.17) is 25.9 Å². The van der Waals surface area contributed by atoms with Crippen molar-refractivity contribution in [2.75, 3.05) is 30.3 Å². The van der Waals surface area contributed by atoms with Crippen LogP contribution in [0.2, 0.25) is 0 Å². The molecule has 0 bridgehead atoms. The molecule has 3 atom stereocenters. The van der Waals surface area contributed by atoms with E-state index in [1.54, 1.807) is 6.92 Å². The third kappa shape index (κ3) is 3.79. The maximum atomic E-state index is 14.0. The van der Waals surface area contributed by atoms with E-state index in [2.05, 4.69) is 21.3 Å². The van der Waals surface area contributed by atoms with Gasteiger partial charge in [-0.15, -0.1) is 11.3 Å². The van der Waals surface area contributed by atoms with Gasteiger partial charge in [-0.2, -0.15) is 0 Å². The van der Waals surface area contributed by atoms with Crippen LogP contribution in [0.3, 0.4) is 0 Å². The summed E-state index contributed by atoms with van der Waals surface area (Å²) in [6, 6.07) is 5.20. The van der Waals surface area contributed by atoms with Gasteiger partial charge in [0.1, 0.15) is 21.3 Å². The van der Waals surface area contributed by atoms with Crippen LogP contribution in [0.1, 0.15) is 45.9 Å². The van der Waals surface area contributed by atoms with Crippen molar-refractivity contribution in [3.05, 3.63) is 45.8 Å². The van der Waals surface area contributed by atoms with Crippen molar-refractivity contribution >= 4 is 39.0 Å². The summed E-state index contributed by atoms with van der Waals surface area (Å²) in [6.07, 6.45) is 4.29. The van der Waals surface area contributed by atoms with Crippen molar-refractivity contribution in [2.45, 2.75) is 62.5 Å². The van der Waals surface area contributed by atoms with Crippen LogP contribution in [0.25, 0.3) is 10.2 Å². The SMILES string of the molecule is Cc1nc2sc(C(=O)NC3CCc4nc(N5CC(N)C6(C5)OCC5(CC5)O6)ccc4C3)c(N)c2cc1F. The predicted octanol–water partition coefficient (Wildman–Crippen LogP) is 2.43. The van der Waals surface area contributed by atoms with Gasteiger partial charge in [0.25, 0.3) is 5.91 Å². The fraction of sp³-hybridized carbons (Fsp3) is 0.500. The first-order chi connectivity index (χ1) is 17.7. The highest BCUT2D eigenvalue weighted by molar-refractivity contribution is 7.21. The molecule has 3 unspecified atom stereocenters. The molecule has 3 fully saturated rings. The molecule has 2 spiro atoms. The molecule has 194 valence electrons. The molecule has 2 saturated heterocycles. The Morgan fingerprint density at radius 2 is 2.16 bits per heavy atom. The average molecular weight is 525 g/mol. The summed E-state index contributed by atoms with van der Waals surface area (Å²) in [6.45, 7) is 3.43. The first kappa shape index (κ1) is 23.3. The molecule has 9 nitrogen and oxygen atoms in total. The van der Waals surface area contributed by atoms with E-state index in [0.29, 0.717) is 41.2 Å². The van der Waals surface area contributed by atoms with Crippen molar-refractivity contribution in [1.29, 1.82) is 0 Å². The van der Waals surface area contributed by atoms with Crippen LogP contribution in [0.15, 0.2) is 18.2 Å². The molecule has 0 aromatic carbocycles. The third-order valence-electron chi connectivity index (χ3n) is 8.13. The van der Waals surface area contributed by atoms with Crippen LogP contribution in [-0.2, 0) is 22.3 Å². The van der Waals surface area contributed by atoms with E-state index in [1.807, 2.05) is 6.07 Å². The minimum absolute atomic E-state index is 0.0396. The van der Waals surface area contributed by atoms with Gasteiger partial charge >= 0.3 is 0 Å². The molecular weight excluding hydrogens is 495 g/mol. The number of hydrogen-bond acceptors (Lipinski definition) is 9. The standard InChI is InChI=1S/C26H29FN6O3S/c1-13-17(27)9-16-21(29)22(37-24(16)30-13)23(34)31-15-3-4-18-14(8-15)2-5-20(32-18)33-10-19(28)26(11-33)35-12-25(36-26)6-7-25/h2,5,9,15,19H,3-4,6-8,10-12,28-29H2,1H3,(H,31,34). The number of ether oxygens (including phenoxy) is 2. The van der Waals surface area contributed by atoms with Crippen LogP contribution in [0.4, 0.5) is 15.9 Å². The van der Waals surface area contributed by atoms with E-state index < -0.39 is 11.6 Å². The second-order valence-corrected chi connectivity index (χ2v) is 11.8. The summed E-state index contributed by atoms with van der Waals surface area (Å²) < 4.78 is 26.4. The second kappa shape index (κ2) is 8.07. The Morgan fingerprint density at radius 1 is 1.32 bits per heavy atom. The minimum atomic E-state index is -0.738. The highest BCUT2D eigenvalue weighted by Gasteiger charge is 2.62. The smallest absolute Gasteiger partial charge is 0.263 e. The van der Waals surface area contributed by atoms with Crippen LogP contribution in [0, 0.1) is 12.7 Å². The summed E-state index contributed by atoms with van der Waals surface area (Å²) >= 11 is 1.19. The summed E-state index contributed by atoms with van der Waals surface area (Å²) in [7, 11) is 0. The Bertz CT molecular complexity index is 1440. The van der Waals surface area contributed by atoms with Gasteiger partial charge in [0.2, 0.25) is 5.79 Å². The van der Waals surface area contributed by atoms with Crippen molar-refractivity contribution < 1.29 is 18.7 Å². The maximum absolute atomic E-state index is 14.0. The molecule has 7 rings (SSSR count). The van der Waals surface area contributed by atoms with Crippen LogP contribution >= 0.6 is 11.3 Å². The lowest BCUT2D eigenvalue weighted by atomic mass is 9.91. The Balaban J connectivity index is 1.04. The Kier molecular flexibility index (Phi) is 5.07. The van der Waals surface area contributed by atoms with Crippen LogP contribution < -0.4 is 21.7 Å². The van der Waals surface area contributed by atoms with Gasteiger partial charge in [-0.25, -0.2) is 14.4 Å². The number of pyridine rings is 2. The molecule has 3 aromatic heterocycles. The highest BCUT2D eigenvalue weighted by atomic mass is 32.1. The Labute approximate surface area is 217 Å². The number of fused-ring (bicyclic) bond motifs is 2. The van der Waals surface area contributed by atoms with Crippen molar-refractivity contribution in [1.82, 2.24) is 15.3 Å². The number of nitrogens with two attached hydrogens (primary N) is 2. The molecule has 3 aromatic rings. The molecule has 5 N–H and O–H groups in total. The zero-order chi connectivity index (χ0) is 25.5. The summed E-state index contributed by atoms with van der Waals surface area (Å²) in [4.78, 5) is 25.3. The van der Waals surface area contributed by atoms with Gasteiger partial charge in [0.05, 0.1) is 36.2 Å². The summed E-state index contributed by atoms with van der Waals surface area (Å²) in [5.74, 6) is -0.540. The topological polar surface area (TPSA) is 129 Å². The number of anilines is 2. The molecule has 11 heteroatoms. The summed E-state index contributed by atoms with van der Waals surface area (Å²) in [5.41, 5.74) is 15.3. The lowest BCUT2D eigenvalue weighted by molar-refractivity contribution is -0.163. The van der Waals surface area contributed by atoms with Crippen molar-refractivity contribution in [3.63, 3.8) is 0 Å². The van der Waals surface area contributed by atoms with E-state index in [-0.39, 0.29) is 35.0 Å². The molecule has 1 amide bonds. The van der Waals surface area contributed by atoms with Gasteiger partial charge in [-0.1, -0.05) is 6.07 Å². The van der Waals surface area contributed by atoms with Gasteiger partial charge in [0, 0.05) is 23.7 Å². The number of nitrogen functional groups attached to an aromatic ring is 1. The molecule has 2 aliphatic heterocycles. The molecule has 5 heterocycles. The van der Waals surface area contributed by atoms with E-state index >= 15 is 0 Å². The molecule has 1 saturated carbocycles. The molecule has 2 aliphatic carbocycles. The van der Waals surface area contributed by atoms with Gasteiger partial charge < -0.3 is 31.2 Å². The second-order valence-electron chi connectivity index (χ2n) is 10.8. The van der Waals surface area contributed by atoms with Gasteiger partial charge in [-0.05, 0) is 56.7 Å². The minimum Gasteiger partial charge on any atom is -0.397 e. The number of aryl methyl sites for hydroxylation is 2. The number of thiophene rings is 1. The lowest BCUT2D eigenvalue weighted by Crippen LogP contribution is -2.48. The lowest BCUT2D eigenvalue weighted by Gasteiger charge is -2.27. The molecule has 4 aliphatic rings. The number of carbonyl (C=O) groups excluding carboxylic acids is 1. The number of hydrogen-bond donors (Lipinski definition) is 3. The van der Waals surface area contributed by atoms with E-state index in [9.17, 15) is 9.18 Å². The van der Waals surface area contributed by atoms with Crippen molar-refractivity contribution in [2.24, 2.45) is 5.73 Å².